The number of halogens is 3. The lowest BCUT2D eigenvalue weighted by Gasteiger charge is -2.21. The van der Waals surface area contributed by atoms with Gasteiger partial charge < -0.3 is 19.9 Å². The molecule has 0 radical (unpaired) electrons. The van der Waals surface area contributed by atoms with Crippen LogP contribution in [0.5, 0.6) is 5.75 Å². The first kappa shape index (κ1) is 22.4. The molecule has 1 N–H and O–H groups in total. The fourth-order valence-corrected chi connectivity index (χ4v) is 2.82. The van der Waals surface area contributed by atoms with Crippen LogP contribution in [-0.4, -0.2) is 55.5 Å². The van der Waals surface area contributed by atoms with Gasteiger partial charge in [-0.1, -0.05) is 12.1 Å². The van der Waals surface area contributed by atoms with Crippen molar-refractivity contribution in [2.24, 2.45) is 0 Å². The van der Waals surface area contributed by atoms with E-state index in [2.05, 4.69) is 29.8 Å². The van der Waals surface area contributed by atoms with Crippen molar-refractivity contribution in [1.29, 1.82) is 0 Å². The van der Waals surface area contributed by atoms with Crippen molar-refractivity contribution in [1.82, 2.24) is 14.9 Å². The van der Waals surface area contributed by atoms with Crippen molar-refractivity contribution in [3.05, 3.63) is 60.9 Å². The number of alkyl halides is 3. The number of ether oxygens (including phenoxy) is 1. The van der Waals surface area contributed by atoms with Crippen LogP contribution in [0.25, 0.3) is 11.1 Å². The lowest BCUT2D eigenvalue weighted by molar-refractivity contribution is -0.274. The van der Waals surface area contributed by atoms with Gasteiger partial charge >= 0.3 is 6.36 Å². The number of hydrogen-bond acceptors (Lipinski definition) is 6. The third-order valence-corrected chi connectivity index (χ3v) is 4.50. The summed E-state index contributed by atoms with van der Waals surface area (Å²) in [5.74, 6) is 0.1000. The lowest BCUT2D eigenvalue weighted by Crippen LogP contribution is -2.28. The molecule has 0 atom stereocenters. The van der Waals surface area contributed by atoms with Crippen LogP contribution in [0.4, 0.5) is 30.5 Å². The van der Waals surface area contributed by atoms with Gasteiger partial charge in [-0.15, -0.1) is 13.2 Å². The van der Waals surface area contributed by atoms with E-state index < -0.39 is 6.36 Å². The van der Waals surface area contributed by atoms with Gasteiger partial charge in [0.05, 0.1) is 0 Å². The fourth-order valence-electron chi connectivity index (χ4n) is 2.82. The topological polar surface area (TPSA) is 53.5 Å². The highest BCUT2D eigenvalue weighted by Gasteiger charge is 2.31. The van der Waals surface area contributed by atoms with Crippen molar-refractivity contribution >= 4 is 17.3 Å². The first-order valence-corrected chi connectivity index (χ1v) is 9.61. The summed E-state index contributed by atoms with van der Waals surface area (Å²) in [6.07, 6.45) is -1.64. The molecule has 2 aromatic carbocycles. The molecular formula is C22H24F3N5O. The van der Waals surface area contributed by atoms with Gasteiger partial charge in [0.1, 0.15) is 5.75 Å². The van der Waals surface area contributed by atoms with E-state index in [4.69, 9.17) is 0 Å². The Kier molecular flexibility index (Phi) is 6.96. The molecule has 1 aromatic heterocycles. The second-order valence-electron chi connectivity index (χ2n) is 7.27. The molecular weight excluding hydrogens is 407 g/mol. The molecule has 0 aliphatic heterocycles. The van der Waals surface area contributed by atoms with E-state index >= 15 is 0 Å². The first-order chi connectivity index (χ1) is 14.7. The van der Waals surface area contributed by atoms with Gasteiger partial charge in [-0.25, -0.2) is 9.97 Å². The Bertz CT molecular complexity index is 976. The van der Waals surface area contributed by atoms with Gasteiger partial charge in [0, 0.05) is 49.5 Å². The van der Waals surface area contributed by atoms with Crippen molar-refractivity contribution < 1.29 is 17.9 Å². The highest BCUT2D eigenvalue weighted by atomic mass is 19.4. The highest BCUT2D eigenvalue weighted by molar-refractivity contribution is 5.65. The van der Waals surface area contributed by atoms with Crippen LogP contribution in [0.1, 0.15) is 0 Å². The average Bonchev–Trinajstić information content (AvgIpc) is 2.72. The molecule has 9 heteroatoms. The Hall–Kier alpha value is -3.33. The largest absolute Gasteiger partial charge is 0.573 e. The average molecular weight is 431 g/mol. The summed E-state index contributed by atoms with van der Waals surface area (Å²) in [6, 6.07) is 13.6. The van der Waals surface area contributed by atoms with Crippen molar-refractivity contribution in [3.8, 4) is 16.9 Å². The minimum atomic E-state index is -4.74. The monoisotopic (exact) mass is 431 g/mol. The van der Waals surface area contributed by atoms with Crippen LogP contribution < -0.4 is 15.0 Å². The zero-order chi connectivity index (χ0) is 22.4. The minimum Gasteiger partial charge on any atom is -0.406 e. The molecule has 3 rings (SSSR count). The number of aromatic nitrogens is 2. The fraction of sp³-hybridized carbons (Fsp3) is 0.273. The summed E-state index contributed by atoms with van der Waals surface area (Å²) in [4.78, 5) is 12.8. The molecule has 0 saturated carbocycles. The molecule has 0 unspecified atom stereocenters. The molecule has 0 fully saturated rings. The summed E-state index contributed by atoms with van der Waals surface area (Å²) in [6.45, 7) is 1.88. The summed E-state index contributed by atoms with van der Waals surface area (Å²) in [7, 11) is 6.13. The normalized spacial score (nSPS) is 11.5. The molecule has 0 spiro atoms. The Balaban J connectivity index is 1.64. The van der Waals surface area contributed by atoms with E-state index in [1.165, 1.54) is 18.2 Å². The van der Waals surface area contributed by atoms with Crippen LogP contribution in [0, 0.1) is 0 Å². The van der Waals surface area contributed by atoms with E-state index in [1.54, 1.807) is 18.5 Å². The van der Waals surface area contributed by atoms with Gasteiger partial charge in [0.2, 0.25) is 5.95 Å². The number of likely N-dealkylation sites (N-methyl/N-ethyl adjacent to an activating group) is 2. The van der Waals surface area contributed by atoms with Gasteiger partial charge in [0.25, 0.3) is 0 Å². The van der Waals surface area contributed by atoms with Crippen LogP contribution in [0.3, 0.4) is 0 Å². The highest BCUT2D eigenvalue weighted by Crippen LogP contribution is 2.28. The number of nitrogens with one attached hydrogen (secondary N) is 1. The zero-order valence-electron chi connectivity index (χ0n) is 17.5. The molecule has 0 aliphatic carbocycles. The third kappa shape index (κ3) is 6.85. The van der Waals surface area contributed by atoms with E-state index in [0.29, 0.717) is 17.1 Å². The van der Waals surface area contributed by atoms with E-state index in [9.17, 15) is 13.2 Å². The summed E-state index contributed by atoms with van der Waals surface area (Å²) < 4.78 is 41.2. The molecule has 6 nitrogen and oxygen atoms in total. The number of nitrogens with zero attached hydrogens (tertiary/aromatic N) is 4. The maximum atomic E-state index is 12.4. The number of benzene rings is 2. The zero-order valence-corrected chi connectivity index (χ0v) is 17.5. The van der Waals surface area contributed by atoms with Gasteiger partial charge in [-0.05, 0) is 56.1 Å². The van der Waals surface area contributed by atoms with Crippen LogP contribution in [0.2, 0.25) is 0 Å². The van der Waals surface area contributed by atoms with Crippen LogP contribution in [-0.2, 0) is 0 Å². The predicted molar refractivity (Wildman–Crippen MR) is 116 cm³/mol. The van der Waals surface area contributed by atoms with E-state index in [0.717, 1.165) is 24.5 Å². The molecule has 0 aliphatic rings. The van der Waals surface area contributed by atoms with Crippen molar-refractivity contribution in [2.75, 3.05) is 44.4 Å². The predicted octanol–water partition coefficient (Wildman–Crippen LogP) is 4.78. The van der Waals surface area contributed by atoms with E-state index in [-0.39, 0.29) is 5.75 Å². The smallest absolute Gasteiger partial charge is 0.406 e. The molecule has 0 bridgehead atoms. The maximum absolute atomic E-state index is 12.4. The third-order valence-electron chi connectivity index (χ3n) is 4.50. The summed E-state index contributed by atoms with van der Waals surface area (Å²) in [5, 5.41) is 3.12. The molecule has 3 aromatic rings. The second-order valence-corrected chi connectivity index (χ2v) is 7.27. The Morgan fingerprint density at radius 1 is 0.903 bits per heavy atom. The van der Waals surface area contributed by atoms with E-state index in [1.807, 2.05) is 45.4 Å². The second kappa shape index (κ2) is 9.65. The Morgan fingerprint density at radius 2 is 1.58 bits per heavy atom. The lowest BCUT2D eigenvalue weighted by atomic mass is 10.1. The molecule has 0 amide bonds. The van der Waals surface area contributed by atoms with Gasteiger partial charge in [-0.3, -0.25) is 0 Å². The maximum Gasteiger partial charge on any atom is 0.573 e. The number of anilines is 3. The summed E-state index contributed by atoms with van der Waals surface area (Å²) in [5.41, 5.74) is 3.04. The number of hydrogen-bond donors (Lipinski definition) is 1. The standard InChI is InChI=1S/C22H24F3N5O/c1-29(2)11-12-30(3)19-9-7-18(8-10-19)28-21-26-14-17(15-27-21)16-5-4-6-20(13-16)31-22(23,24)25/h4-10,13-15H,11-12H2,1-3H3,(H,26,27,28). The SMILES string of the molecule is CN(C)CCN(C)c1ccc(Nc2ncc(-c3cccc(OC(F)(F)F)c3)cn2)cc1. The molecule has 164 valence electrons. The summed E-state index contributed by atoms with van der Waals surface area (Å²) >= 11 is 0. The number of rotatable bonds is 8. The van der Waals surface area contributed by atoms with Crippen LogP contribution in [0.15, 0.2) is 60.9 Å². The minimum absolute atomic E-state index is 0.289. The van der Waals surface area contributed by atoms with Gasteiger partial charge in [-0.2, -0.15) is 0 Å². The first-order valence-electron chi connectivity index (χ1n) is 9.61. The van der Waals surface area contributed by atoms with Crippen molar-refractivity contribution in [2.45, 2.75) is 6.36 Å². The quantitative estimate of drug-likeness (QED) is 0.554. The van der Waals surface area contributed by atoms with Gasteiger partial charge in [0.15, 0.2) is 0 Å². The Labute approximate surface area is 179 Å². The molecule has 31 heavy (non-hydrogen) atoms. The molecule has 0 saturated heterocycles. The van der Waals surface area contributed by atoms with Crippen LogP contribution >= 0.6 is 0 Å². The molecule has 1 heterocycles. The van der Waals surface area contributed by atoms with Crippen molar-refractivity contribution in [3.63, 3.8) is 0 Å². The Morgan fingerprint density at radius 3 is 2.19 bits per heavy atom.